The maximum Gasteiger partial charge on any atom is 0.358 e. The van der Waals surface area contributed by atoms with Gasteiger partial charge in [-0.3, -0.25) is 0 Å². The fourth-order valence-corrected chi connectivity index (χ4v) is 2.14. The molecule has 0 saturated heterocycles. The van der Waals surface area contributed by atoms with Gasteiger partial charge in [-0.2, -0.15) is 4.98 Å². The third-order valence-corrected chi connectivity index (χ3v) is 3.53. The fourth-order valence-electron chi connectivity index (χ4n) is 2.01. The maximum atomic E-state index is 11.3. The first-order valence-electron chi connectivity index (χ1n) is 7.40. The number of halogens is 1. The largest absolute Gasteiger partial charge is 0.464 e. The van der Waals surface area contributed by atoms with Gasteiger partial charge in [-0.25, -0.2) is 4.79 Å². The Balaban J connectivity index is 1.54. The van der Waals surface area contributed by atoms with Gasteiger partial charge in [-0.1, -0.05) is 16.8 Å². The molecule has 0 spiro atoms. The third-order valence-electron chi connectivity index (χ3n) is 3.27. The zero-order valence-corrected chi connectivity index (χ0v) is 14.0. The Hall–Kier alpha value is -3.00. The summed E-state index contributed by atoms with van der Waals surface area (Å²) >= 11 is 5.86. The smallest absolute Gasteiger partial charge is 0.358 e. The van der Waals surface area contributed by atoms with E-state index >= 15 is 0 Å². The Bertz CT molecular complexity index is 849. The number of carbonyl (C=O) groups excluding carboxylic acids is 1. The van der Waals surface area contributed by atoms with E-state index in [4.69, 9.17) is 16.1 Å². The van der Waals surface area contributed by atoms with Crippen LogP contribution in [0.2, 0.25) is 5.02 Å². The van der Waals surface area contributed by atoms with Crippen LogP contribution in [0.25, 0.3) is 11.4 Å². The molecule has 8 nitrogen and oxygen atoms in total. The summed E-state index contributed by atoms with van der Waals surface area (Å²) in [7, 11) is 1.29. The summed E-state index contributed by atoms with van der Waals surface area (Å²) in [6.07, 6.45) is 0.515. The van der Waals surface area contributed by atoms with Crippen LogP contribution >= 0.6 is 11.6 Å². The molecule has 1 N–H and O–H groups in total. The molecule has 0 aliphatic carbocycles. The van der Waals surface area contributed by atoms with Crippen LogP contribution in [-0.2, 0) is 11.2 Å². The Morgan fingerprint density at radius 3 is 2.68 bits per heavy atom. The van der Waals surface area contributed by atoms with E-state index in [0.717, 1.165) is 5.56 Å². The number of carbonyl (C=O) groups is 1. The molecule has 2 aromatic heterocycles. The monoisotopic (exact) mass is 359 g/mol. The average molecular weight is 360 g/mol. The fraction of sp³-hybridized carbons (Fsp3) is 0.188. The summed E-state index contributed by atoms with van der Waals surface area (Å²) in [5.74, 6) is 1.01. The van der Waals surface area contributed by atoms with Gasteiger partial charge in [0.25, 0.3) is 0 Å². The Morgan fingerprint density at radius 1 is 1.20 bits per heavy atom. The number of hydrogen-bond donors (Lipinski definition) is 1. The molecule has 0 unspecified atom stereocenters. The molecule has 3 aromatic rings. The summed E-state index contributed by atoms with van der Waals surface area (Å²) in [5.41, 5.74) is 0.981. The van der Waals surface area contributed by atoms with Crippen LogP contribution in [0.1, 0.15) is 16.4 Å². The summed E-state index contributed by atoms with van der Waals surface area (Å²) in [5, 5.41) is 15.3. The number of hydrogen-bond acceptors (Lipinski definition) is 8. The van der Waals surface area contributed by atoms with E-state index in [1.165, 1.54) is 13.2 Å². The lowest BCUT2D eigenvalue weighted by molar-refractivity contribution is 0.0593. The van der Waals surface area contributed by atoms with E-state index in [1.54, 1.807) is 18.2 Å². The van der Waals surface area contributed by atoms with E-state index < -0.39 is 5.97 Å². The number of anilines is 1. The number of nitrogens with zero attached hydrogens (tertiary/aromatic N) is 4. The van der Waals surface area contributed by atoms with E-state index in [0.29, 0.717) is 35.5 Å². The van der Waals surface area contributed by atoms with Gasteiger partial charge in [0, 0.05) is 23.6 Å². The predicted molar refractivity (Wildman–Crippen MR) is 90.3 cm³/mol. The molecular weight excluding hydrogens is 346 g/mol. The summed E-state index contributed by atoms with van der Waals surface area (Å²) in [4.78, 5) is 15.6. The van der Waals surface area contributed by atoms with Gasteiger partial charge in [-0.15, -0.1) is 10.2 Å². The minimum absolute atomic E-state index is 0.151. The minimum atomic E-state index is -0.528. The zero-order valence-electron chi connectivity index (χ0n) is 13.3. The van der Waals surface area contributed by atoms with Gasteiger partial charge < -0.3 is 14.6 Å². The van der Waals surface area contributed by atoms with Crippen molar-refractivity contribution in [3.05, 3.63) is 53.0 Å². The van der Waals surface area contributed by atoms with Gasteiger partial charge >= 0.3 is 5.97 Å². The number of ether oxygens (including phenoxy) is 1. The SMILES string of the molecule is COC(=O)c1ccc(NCCc2nc(-c3ccc(Cl)cc3)no2)nn1. The van der Waals surface area contributed by atoms with Crippen molar-refractivity contribution in [1.82, 2.24) is 20.3 Å². The second-order valence-electron chi connectivity index (χ2n) is 4.99. The van der Waals surface area contributed by atoms with Crippen molar-refractivity contribution in [3.8, 4) is 11.4 Å². The summed E-state index contributed by atoms with van der Waals surface area (Å²) in [6, 6.07) is 10.4. The molecule has 9 heteroatoms. The Kier molecular flexibility index (Phi) is 5.20. The van der Waals surface area contributed by atoms with Crippen molar-refractivity contribution in [1.29, 1.82) is 0 Å². The number of aromatic nitrogens is 4. The van der Waals surface area contributed by atoms with Crippen LogP contribution in [0.3, 0.4) is 0 Å². The van der Waals surface area contributed by atoms with Crippen molar-refractivity contribution in [2.75, 3.05) is 19.0 Å². The normalized spacial score (nSPS) is 10.5. The van der Waals surface area contributed by atoms with Gasteiger partial charge in [0.1, 0.15) is 5.82 Å². The number of esters is 1. The predicted octanol–water partition coefficient (Wildman–Crippen LogP) is 2.62. The molecule has 0 fully saturated rings. The molecule has 0 atom stereocenters. The van der Waals surface area contributed by atoms with Crippen LogP contribution in [0, 0.1) is 0 Å². The Morgan fingerprint density at radius 2 is 2.00 bits per heavy atom. The molecule has 0 saturated carbocycles. The van der Waals surface area contributed by atoms with Gasteiger partial charge in [0.2, 0.25) is 11.7 Å². The summed E-state index contributed by atoms with van der Waals surface area (Å²) < 4.78 is 9.78. The third kappa shape index (κ3) is 4.30. The van der Waals surface area contributed by atoms with Gasteiger partial charge in [0.05, 0.1) is 7.11 Å². The molecule has 25 heavy (non-hydrogen) atoms. The molecule has 0 radical (unpaired) electrons. The van der Waals surface area contributed by atoms with Crippen molar-refractivity contribution >= 4 is 23.4 Å². The van der Waals surface area contributed by atoms with E-state index in [9.17, 15) is 4.79 Å². The molecule has 0 bridgehead atoms. The van der Waals surface area contributed by atoms with E-state index in [1.807, 2.05) is 12.1 Å². The number of nitrogens with one attached hydrogen (secondary N) is 1. The highest BCUT2D eigenvalue weighted by Crippen LogP contribution is 2.18. The molecule has 1 aromatic carbocycles. The maximum absolute atomic E-state index is 11.3. The molecule has 3 rings (SSSR count). The van der Waals surface area contributed by atoms with Gasteiger partial charge in [0.15, 0.2) is 5.69 Å². The quantitative estimate of drug-likeness (QED) is 0.670. The first kappa shape index (κ1) is 16.8. The molecule has 0 aliphatic heterocycles. The highest BCUT2D eigenvalue weighted by molar-refractivity contribution is 6.30. The molecule has 128 valence electrons. The molecule has 0 aliphatic rings. The van der Waals surface area contributed by atoms with Crippen LogP contribution in [0.4, 0.5) is 5.82 Å². The second-order valence-corrected chi connectivity index (χ2v) is 5.43. The molecule has 0 amide bonds. The van der Waals surface area contributed by atoms with Crippen molar-refractivity contribution < 1.29 is 14.1 Å². The summed E-state index contributed by atoms with van der Waals surface area (Å²) in [6.45, 7) is 0.522. The van der Waals surface area contributed by atoms with Gasteiger partial charge in [-0.05, 0) is 36.4 Å². The minimum Gasteiger partial charge on any atom is -0.464 e. The topological polar surface area (TPSA) is 103 Å². The lowest BCUT2D eigenvalue weighted by atomic mass is 10.2. The van der Waals surface area contributed by atoms with Crippen molar-refractivity contribution in [3.63, 3.8) is 0 Å². The standard InChI is InChI=1S/C16H14ClN5O3/c1-24-16(23)12-6-7-13(21-20-12)18-9-8-14-19-15(22-25-14)10-2-4-11(17)5-3-10/h2-7H,8-9H2,1H3,(H,18,21). The van der Waals surface area contributed by atoms with Crippen molar-refractivity contribution in [2.24, 2.45) is 0 Å². The number of rotatable bonds is 6. The lowest BCUT2D eigenvalue weighted by Crippen LogP contribution is -2.10. The van der Waals surface area contributed by atoms with E-state index in [2.05, 4.69) is 30.4 Å². The average Bonchev–Trinajstić information content (AvgIpc) is 3.11. The van der Waals surface area contributed by atoms with Crippen LogP contribution in [-0.4, -0.2) is 40.0 Å². The van der Waals surface area contributed by atoms with E-state index in [-0.39, 0.29) is 5.69 Å². The number of methoxy groups -OCH3 is 1. The van der Waals surface area contributed by atoms with Crippen molar-refractivity contribution in [2.45, 2.75) is 6.42 Å². The lowest BCUT2D eigenvalue weighted by Gasteiger charge is -2.03. The second kappa shape index (κ2) is 7.71. The van der Waals surface area contributed by atoms with Crippen LogP contribution < -0.4 is 5.32 Å². The van der Waals surface area contributed by atoms with Crippen LogP contribution in [0.5, 0.6) is 0 Å². The Labute approximate surface area is 148 Å². The first-order chi connectivity index (χ1) is 12.2. The zero-order chi connectivity index (χ0) is 17.6. The highest BCUT2D eigenvalue weighted by atomic mass is 35.5. The number of benzene rings is 1. The molecule has 2 heterocycles. The first-order valence-corrected chi connectivity index (χ1v) is 7.78. The highest BCUT2D eigenvalue weighted by Gasteiger charge is 2.10. The molecular formula is C16H14ClN5O3. The van der Waals surface area contributed by atoms with Crippen LogP contribution in [0.15, 0.2) is 40.9 Å².